The maximum absolute atomic E-state index is 12.2. The molecule has 0 amide bonds. The van der Waals surface area contributed by atoms with Gasteiger partial charge in [0, 0.05) is 19.3 Å². The van der Waals surface area contributed by atoms with E-state index in [4.69, 9.17) is 0 Å². The zero-order chi connectivity index (χ0) is 12.5. The number of aliphatic hydroxyl groups is 1. The standard InChI is InChI=1S/C11H16N2O3S/c1-9-5-7-13(8-10(9)14)17(15,16)11-4-2-3-6-12-11/h2-4,6,9-10,14H,5,7-8H2,1H3. The highest BCUT2D eigenvalue weighted by Gasteiger charge is 2.33. The van der Waals surface area contributed by atoms with E-state index in [9.17, 15) is 13.5 Å². The van der Waals surface area contributed by atoms with Gasteiger partial charge in [0.25, 0.3) is 10.0 Å². The minimum Gasteiger partial charge on any atom is -0.391 e. The largest absolute Gasteiger partial charge is 0.391 e. The Bertz CT molecular complexity index is 475. The lowest BCUT2D eigenvalue weighted by Crippen LogP contribution is -2.45. The number of β-amino-alcohol motifs (C(OH)–C–C–N with tert-alkyl or cyclic N) is 1. The van der Waals surface area contributed by atoms with Crippen molar-refractivity contribution in [2.24, 2.45) is 5.92 Å². The summed E-state index contributed by atoms with van der Waals surface area (Å²) < 4.78 is 25.7. The van der Waals surface area contributed by atoms with Gasteiger partial charge in [0.1, 0.15) is 0 Å². The second kappa shape index (κ2) is 4.72. The minimum absolute atomic E-state index is 0.0433. The Hall–Kier alpha value is -0.980. The highest BCUT2D eigenvalue weighted by Crippen LogP contribution is 2.22. The topological polar surface area (TPSA) is 70.5 Å². The first-order valence-corrected chi connectivity index (χ1v) is 7.05. The smallest absolute Gasteiger partial charge is 0.260 e. The molecule has 17 heavy (non-hydrogen) atoms. The van der Waals surface area contributed by atoms with Crippen LogP contribution in [0.5, 0.6) is 0 Å². The van der Waals surface area contributed by atoms with Crippen LogP contribution in [0.2, 0.25) is 0 Å². The second-order valence-electron chi connectivity index (χ2n) is 4.36. The van der Waals surface area contributed by atoms with E-state index in [0.717, 1.165) is 0 Å². The average Bonchev–Trinajstić information content (AvgIpc) is 2.33. The first kappa shape index (κ1) is 12.5. The molecular formula is C11H16N2O3S. The molecule has 2 heterocycles. The van der Waals surface area contributed by atoms with Crippen LogP contribution in [0.4, 0.5) is 0 Å². The van der Waals surface area contributed by atoms with Gasteiger partial charge in [0.15, 0.2) is 5.03 Å². The molecule has 94 valence electrons. The van der Waals surface area contributed by atoms with E-state index in [-0.39, 0.29) is 17.5 Å². The van der Waals surface area contributed by atoms with Gasteiger partial charge in [-0.25, -0.2) is 13.4 Å². The van der Waals surface area contributed by atoms with E-state index in [2.05, 4.69) is 4.98 Å². The number of aliphatic hydroxyl groups excluding tert-OH is 1. The van der Waals surface area contributed by atoms with Crippen molar-refractivity contribution in [1.82, 2.24) is 9.29 Å². The van der Waals surface area contributed by atoms with Crippen LogP contribution in [0.15, 0.2) is 29.4 Å². The molecule has 1 aliphatic heterocycles. The molecule has 1 aliphatic rings. The Morgan fingerprint density at radius 2 is 2.24 bits per heavy atom. The second-order valence-corrected chi connectivity index (χ2v) is 6.25. The number of nitrogens with zero attached hydrogens (tertiary/aromatic N) is 2. The summed E-state index contributed by atoms with van der Waals surface area (Å²) in [6, 6.07) is 4.79. The van der Waals surface area contributed by atoms with E-state index in [0.29, 0.717) is 13.0 Å². The van der Waals surface area contributed by atoms with E-state index < -0.39 is 16.1 Å². The molecule has 5 nitrogen and oxygen atoms in total. The van der Waals surface area contributed by atoms with Crippen molar-refractivity contribution in [2.75, 3.05) is 13.1 Å². The van der Waals surface area contributed by atoms with Crippen LogP contribution in [0, 0.1) is 5.92 Å². The van der Waals surface area contributed by atoms with Gasteiger partial charge in [-0.1, -0.05) is 13.0 Å². The van der Waals surface area contributed by atoms with Crippen molar-refractivity contribution in [3.63, 3.8) is 0 Å². The number of pyridine rings is 1. The summed E-state index contributed by atoms with van der Waals surface area (Å²) in [6.45, 7) is 2.52. The Labute approximate surface area is 101 Å². The van der Waals surface area contributed by atoms with Crippen molar-refractivity contribution >= 4 is 10.0 Å². The quantitative estimate of drug-likeness (QED) is 0.835. The third-order valence-electron chi connectivity index (χ3n) is 3.12. The van der Waals surface area contributed by atoms with Gasteiger partial charge in [-0.2, -0.15) is 4.31 Å². The Morgan fingerprint density at radius 3 is 2.82 bits per heavy atom. The number of sulfonamides is 1. The van der Waals surface area contributed by atoms with Crippen LogP contribution >= 0.6 is 0 Å². The van der Waals surface area contributed by atoms with Crippen LogP contribution in [0.25, 0.3) is 0 Å². The lowest BCUT2D eigenvalue weighted by Gasteiger charge is -2.33. The van der Waals surface area contributed by atoms with Gasteiger partial charge in [0.05, 0.1) is 6.10 Å². The van der Waals surface area contributed by atoms with E-state index in [1.165, 1.54) is 16.6 Å². The zero-order valence-corrected chi connectivity index (χ0v) is 10.5. The molecule has 2 atom stereocenters. The average molecular weight is 256 g/mol. The molecule has 0 spiro atoms. The zero-order valence-electron chi connectivity index (χ0n) is 9.65. The van der Waals surface area contributed by atoms with E-state index in [1.807, 2.05) is 6.92 Å². The molecule has 1 aromatic rings. The molecule has 0 aromatic carbocycles. The Balaban J connectivity index is 2.23. The number of hydrogen-bond acceptors (Lipinski definition) is 4. The summed E-state index contributed by atoms with van der Waals surface area (Å²) in [4.78, 5) is 3.86. The van der Waals surface area contributed by atoms with Crippen LogP contribution in [-0.2, 0) is 10.0 Å². The van der Waals surface area contributed by atoms with Gasteiger partial charge >= 0.3 is 0 Å². The van der Waals surface area contributed by atoms with Crippen LogP contribution in [0.1, 0.15) is 13.3 Å². The molecule has 1 N–H and O–H groups in total. The first-order chi connectivity index (χ1) is 8.01. The van der Waals surface area contributed by atoms with E-state index >= 15 is 0 Å². The SMILES string of the molecule is CC1CCN(S(=O)(=O)c2ccccn2)CC1O. The van der Waals surface area contributed by atoms with Gasteiger partial charge < -0.3 is 5.11 Å². The molecule has 2 rings (SSSR count). The third kappa shape index (κ3) is 2.48. The van der Waals surface area contributed by atoms with Gasteiger partial charge in [-0.05, 0) is 24.5 Å². The maximum atomic E-state index is 12.2. The van der Waals surface area contributed by atoms with Crippen LogP contribution < -0.4 is 0 Å². The lowest BCUT2D eigenvalue weighted by atomic mass is 9.98. The van der Waals surface area contributed by atoms with Gasteiger partial charge in [-0.15, -0.1) is 0 Å². The lowest BCUT2D eigenvalue weighted by molar-refractivity contribution is 0.0604. The fraction of sp³-hybridized carbons (Fsp3) is 0.545. The Morgan fingerprint density at radius 1 is 1.47 bits per heavy atom. The molecular weight excluding hydrogens is 240 g/mol. The summed E-state index contributed by atoms with van der Waals surface area (Å²) in [5.41, 5.74) is 0. The van der Waals surface area contributed by atoms with Crippen molar-refractivity contribution in [3.05, 3.63) is 24.4 Å². The summed E-state index contributed by atoms with van der Waals surface area (Å²) >= 11 is 0. The first-order valence-electron chi connectivity index (χ1n) is 5.61. The van der Waals surface area contributed by atoms with Crippen LogP contribution in [-0.4, -0.2) is 42.0 Å². The molecule has 1 aromatic heterocycles. The summed E-state index contributed by atoms with van der Waals surface area (Å²) in [5, 5.41) is 9.78. The fourth-order valence-corrected chi connectivity index (χ4v) is 3.27. The molecule has 0 radical (unpaired) electrons. The van der Waals surface area contributed by atoms with Crippen molar-refractivity contribution in [1.29, 1.82) is 0 Å². The van der Waals surface area contributed by atoms with Crippen LogP contribution in [0.3, 0.4) is 0 Å². The Kier molecular flexibility index (Phi) is 3.46. The number of hydrogen-bond donors (Lipinski definition) is 1. The fourth-order valence-electron chi connectivity index (χ4n) is 1.87. The summed E-state index contributed by atoms with van der Waals surface area (Å²) in [6.07, 6.45) is 1.53. The predicted molar refractivity (Wildman–Crippen MR) is 62.8 cm³/mol. The normalized spacial score (nSPS) is 26.9. The molecule has 0 bridgehead atoms. The highest BCUT2D eigenvalue weighted by molar-refractivity contribution is 7.89. The molecule has 1 fully saturated rings. The van der Waals surface area contributed by atoms with Crippen molar-refractivity contribution in [3.8, 4) is 0 Å². The number of rotatable bonds is 2. The highest BCUT2D eigenvalue weighted by atomic mass is 32.2. The van der Waals surface area contributed by atoms with Crippen molar-refractivity contribution < 1.29 is 13.5 Å². The predicted octanol–water partition coefficient (Wildman–Crippen LogP) is 0.473. The number of aromatic nitrogens is 1. The third-order valence-corrected chi connectivity index (χ3v) is 4.90. The van der Waals surface area contributed by atoms with E-state index in [1.54, 1.807) is 12.1 Å². The molecule has 0 aliphatic carbocycles. The maximum Gasteiger partial charge on any atom is 0.260 e. The molecule has 2 unspecified atom stereocenters. The van der Waals surface area contributed by atoms with Gasteiger partial charge in [0.2, 0.25) is 0 Å². The summed E-state index contributed by atoms with van der Waals surface area (Å²) in [5.74, 6) is 0.144. The molecule has 1 saturated heterocycles. The number of piperidine rings is 1. The minimum atomic E-state index is -3.56. The monoisotopic (exact) mass is 256 g/mol. The van der Waals surface area contributed by atoms with Crippen molar-refractivity contribution in [2.45, 2.75) is 24.5 Å². The molecule has 6 heteroatoms. The summed E-state index contributed by atoms with van der Waals surface area (Å²) in [7, 11) is -3.56. The van der Waals surface area contributed by atoms with Gasteiger partial charge in [-0.3, -0.25) is 0 Å². The molecule has 0 saturated carbocycles.